The Balaban J connectivity index is 1.69. The van der Waals surface area contributed by atoms with E-state index in [0.29, 0.717) is 6.10 Å². The van der Waals surface area contributed by atoms with Crippen molar-refractivity contribution in [3.05, 3.63) is 24.8 Å². The fraction of sp³-hybridized carbons (Fsp3) is 0.778. The SMILES string of the molecule is C=CCOC1CCC([C@H]2CC[C@H](/C=C/C)CC2)CC1. The lowest BCUT2D eigenvalue weighted by Gasteiger charge is -2.37. The van der Waals surface area contributed by atoms with Crippen LogP contribution in [0.15, 0.2) is 24.8 Å². The van der Waals surface area contributed by atoms with E-state index < -0.39 is 0 Å². The minimum atomic E-state index is 0.508. The molecule has 0 radical (unpaired) electrons. The second-order valence-electron chi connectivity index (χ2n) is 6.36. The third kappa shape index (κ3) is 4.49. The first-order valence-corrected chi connectivity index (χ1v) is 8.18. The van der Waals surface area contributed by atoms with Crippen LogP contribution < -0.4 is 0 Å². The Labute approximate surface area is 119 Å². The number of hydrogen-bond acceptors (Lipinski definition) is 1. The molecule has 0 bridgehead atoms. The van der Waals surface area contributed by atoms with E-state index in [9.17, 15) is 0 Å². The molecule has 19 heavy (non-hydrogen) atoms. The molecule has 0 N–H and O–H groups in total. The van der Waals surface area contributed by atoms with E-state index in [2.05, 4.69) is 25.7 Å². The molecular formula is C18H30O. The van der Waals surface area contributed by atoms with Gasteiger partial charge in [-0.2, -0.15) is 0 Å². The highest BCUT2D eigenvalue weighted by molar-refractivity contribution is 4.90. The molecule has 0 aliphatic heterocycles. The summed E-state index contributed by atoms with van der Waals surface area (Å²) in [5, 5.41) is 0. The van der Waals surface area contributed by atoms with Crippen LogP contribution in [0.2, 0.25) is 0 Å². The summed E-state index contributed by atoms with van der Waals surface area (Å²) >= 11 is 0. The van der Waals surface area contributed by atoms with Gasteiger partial charge in [-0.05, 0) is 76.0 Å². The average Bonchev–Trinajstić information content (AvgIpc) is 2.47. The van der Waals surface area contributed by atoms with Gasteiger partial charge >= 0.3 is 0 Å². The molecule has 2 saturated carbocycles. The van der Waals surface area contributed by atoms with Crippen molar-refractivity contribution in [2.45, 2.75) is 64.4 Å². The Kier molecular flexibility index (Phi) is 6.16. The molecular weight excluding hydrogens is 232 g/mol. The van der Waals surface area contributed by atoms with Crippen LogP contribution in [0.4, 0.5) is 0 Å². The van der Waals surface area contributed by atoms with Gasteiger partial charge in [-0.25, -0.2) is 0 Å². The predicted molar refractivity (Wildman–Crippen MR) is 82.2 cm³/mol. The van der Waals surface area contributed by atoms with Gasteiger partial charge in [0.1, 0.15) is 0 Å². The van der Waals surface area contributed by atoms with Crippen molar-refractivity contribution in [1.82, 2.24) is 0 Å². The smallest absolute Gasteiger partial charge is 0.0648 e. The van der Waals surface area contributed by atoms with Crippen molar-refractivity contribution in [3.63, 3.8) is 0 Å². The minimum Gasteiger partial charge on any atom is -0.374 e. The number of rotatable bonds is 5. The maximum atomic E-state index is 5.79. The van der Waals surface area contributed by atoms with Crippen molar-refractivity contribution in [1.29, 1.82) is 0 Å². The van der Waals surface area contributed by atoms with E-state index in [4.69, 9.17) is 4.74 Å². The molecule has 2 aliphatic rings. The van der Waals surface area contributed by atoms with Gasteiger partial charge < -0.3 is 4.74 Å². The van der Waals surface area contributed by atoms with Gasteiger partial charge in [-0.3, -0.25) is 0 Å². The molecule has 2 rings (SSSR count). The quantitative estimate of drug-likeness (QED) is 0.624. The summed E-state index contributed by atoms with van der Waals surface area (Å²) in [5.74, 6) is 2.85. The topological polar surface area (TPSA) is 9.23 Å². The lowest BCUT2D eigenvalue weighted by Crippen LogP contribution is -2.28. The molecule has 0 heterocycles. The first kappa shape index (κ1) is 14.8. The molecule has 0 aromatic heterocycles. The zero-order valence-corrected chi connectivity index (χ0v) is 12.5. The van der Waals surface area contributed by atoms with Crippen molar-refractivity contribution in [2.75, 3.05) is 6.61 Å². The molecule has 0 unspecified atom stereocenters. The highest BCUT2D eigenvalue weighted by atomic mass is 16.5. The zero-order valence-electron chi connectivity index (χ0n) is 12.5. The summed E-state index contributed by atoms with van der Waals surface area (Å²) in [5.41, 5.74) is 0. The molecule has 2 aliphatic carbocycles. The van der Waals surface area contributed by atoms with Crippen LogP contribution in [0.5, 0.6) is 0 Å². The Morgan fingerprint density at radius 3 is 2.05 bits per heavy atom. The largest absolute Gasteiger partial charge is 0.374 e. The lowest BCUT2D eigenvalue weighted by atomic mass is 9.70. The molecule has 0 saturated heterocycles. The Morgan fingerprint density at radius 2 is 1.53 bits per heavy atom. The standard InChI is InChI=1S/C18H30O/c1-3-5-15-6-8-16(9-7-15)17-10-12-18(13-11-17)19-14-4-2/h3-5,15-18H,2,6-14H2,1H3/b5-3+/t15-,16-,17?,18?. The number of ether oxygens (including phenoxy) is 1. The Bertz CT molecular complexity index is 278. The normalized spacial score (nSPS) is 36.5. The second-order valence-corrected chi connectivity index (χ2v) is 6.36. The van der Waals surface area contributed by atoms with E-state index in [0.717, 1.165) is 24.4 Å². The van der Waals surface area contributed by atoms with Gasteiger partial charge in [-0.1, -0.05) is 18.2 Å². The summed E-state index contributed by atoms with van der Waals surface area (Å²) in [6.07, 6.45) is 18.1. The van der Waals surface area contributed by atoms with Gasteiger partial charge in [0.15, 0.2) is 0 Å². The predicted octanol–water partition coefficient (Wildman–Crippen LogP) is 5.13. The minimum absolute atomic E-state index is 0.508. The van der Waals surface area contributed by atoms with E-state index in [1.54, 1.807) is 0 Å². The molecule has 1 nitrogen and oxygen atoms in total. The Morgan fingerprint density at radius 1 is 0.947 bits per heavy atom. The van der Waals surface area contributed by atoms with Crippen molar-refractivity contribution < 1.29 is 4.74 Å². The van der Waals surface area contributed by atoms with Crippen LogP contribution in [-0.4, -0.2) is 12.7 Å². The maximum Gasteiger partial charge on any atom is 0.0648 e. The monoisotopic (exact) mass is 262 g/mol. The van der Waals surface area contributed by atoms with E-state index >= 15 is 0 Å². The summed E-state index contributed by atoms with van der Waals surface area (Å²) in [7, 11) is 0. The van der Waals surface area contributed by atoms with E-state index in [-0.39, 0.29) is 0 Å². The second kappa shape index (κ2) is 7.89. The van der Waals surface area contributed by atoms with Gasteiger partial charge in [0.05, 0.1) is 12.7 Å². The zero-order chi connectivity index (χ0) is 13.5. The molecule has 0 spiro atoms. The molecule has 108 valence electrons. The molecule has 1 heteroatoms. The van der Waals surface area contributed by atoms with Crippen LogP contribution in [0, 0.1) is 17.8 Å². The van der Waals surface area contributed by atoms with Gasteiger partial charge in [-0.15, -0.1) is 6.58 Å². The highest BCUT2D eigenvalue weighted by Gasteiger charge is 2.30. The number of hydrogen-bond donors (Lipinski definition) is 0. The average molecular weight is 262 g/mol. The first-order valence-electron chi connectivity index (χ1n) is 8.18. The van der Waals surface area contributed by atoms with E-state index in [1.165, 1.54) is 51.4 Å². The third-order valence-corrected chi connectivity index (χ3v) is 5.12. The summed E-state index contributed by atoms with van der Waals surface area (Å²) < 4.78 is 5.79. The van der Waals surface area contributed by atoms with Gasteiger partial charge in [0.25, 0.3) is 0 Å². The number of allylic oxidation sites excluding steroid dienone is 2. The summed E-state index contributed by atoms with van der Waals surface area (Å²) in [6, 6.07) is 0. The highest BCUT2D eigenvalue weighted by Crippen LogP contribution is 2.40. The van der Waals surface area contributed by atoms with Crippen LogP contribution in [-0.2, 0) is 4.74 Å². The van der Waals surface area contributed by atoms with Crippen LogP contribution in [0.1, 0.15) is 58.3 Å². The van der Waals surface area contributed by atoms with Gasteiger partial charge in [0, 0.05) is 0 Å². The molecule has 2 fully saturated rings. The van der Waals surface area contributed by atoms with Gasteiger partial charge in [0.2, 0.25) is 0 Å². The Hall–Kier alpha value is -0.560. The fourth-order valence-electron chi connectivity index (χ4n) is 4.01. The van der Waals surface area contributed by atoms with Crippen LogP contribution in [0.3, 0.4) is 0 Å². The fourth-order valence-corrected chi connectivity index (χ4v) is 4.01. The summed E-state index contributed by atoms with van der Waals surface area (Å²) in [6.45, 7) is 6.60. The van der Waals surface area contributed by atoms with Crippen molar-refractivity contribution in [3.8, 4) is 0 Å². The lowest BCUT2D eigenvalue weighted by molar-refractivity contribution is 0.0220. The van der Waals surface area contributed by atoms with Crippen molar-refractivity contribution >= 4 is 0 Å². The molecule has 0 amide bonds. The van der Waals surface area contributed by atoms with E-state index in [1.807, 2.05) is 6.08 Å². The molecule has 0 aromatic rings. The summed E-state index contributed by atoms with van der Waals surface area (Å²) in [4.78, 5) is 0. The van der Waals surface area contributed by atoms with Crippen LogP contribution >= 0.6 is 0 Å². The van der Waals surface area contributed by atoms with Crippen LogP contribution in [0.25, 0.3) is 0 Å². The third-order valence-electron chi connectivity index (χ3n) is 5.12. The molecule has 0 aromatic carbocycles. The molecule has 0 atom stereocenters. The van der Waals surface area contributed by atoms with Crippen molar-refractivity contribution in [2.24, 2.45) is 17.8 Å². The maximum absolute atomic E-state index is 5.79. The first-order chi connectivity index (χ1) is 9.33.